The van der Waals surface area contributed by atoms with Crippen molar-refractivity contribution in [1.82, 2.24) is 25.5 Å². The Morgan fingerprint density at radius 2 is 2.10 bits per heavy atom. The summed E-state index contributed by atoms with van der Waals surface area (Å²) in [6.07, 6.45) is 3.55. The van der Waals surface area contributed by atoms with Gasteiger partial charge >= 0.3 is 0 Å². The van der Waals surface area contributed by atoms with Crippen molar-refractivity contribution in [1.29, 1.82) is 0 Å². The number of hydrogen-bond donors (Lipinski definition) is 1. The van der Waals surface area contributed by atoms with Crippen LogP contribution in [-0.2, 0) is 6.54 Å². The number of nitrogens with one attached hydrogen (secondary N) is 1. The minimum absolute atomic E-state index is 0.519. The van der Waals surface area contributed by atoms with E-state index in [1.807, 2.05) is 4.68 Å². The summed E-state index contributed by atoms with van der Waals surface area (Å²) >= 11 is 1.63. The lowest BCUT2D eigenvalue weighted by atomic mass is 10.2. The van der Waals surface area contributed by atoms with Crippen molar-refractivity contribution >= 4 is 11.8 Å². The Morgan fingerprint density at radius 1 is 1.30 bits per heavy atom. The number of hydrogen-bond acceptors (Lipinski definition) is 5. The lowest BCUT2D eigenvalue weighted by Gasteiger charge is -2.05. The van der Waals surface area contributed by atoms with E-state index in [0.717, 1.165) is 24.7 Å². The van der Waals surface area contributed by atoms with Crippen LogP contribution in [0.1, 0.15) is 37.8 Å². The minimum Gasteiger partial charge on any atom is -0.313 e. The van der Waals surface area contributed by atoms with Crippen molar-refractivity contribution in [2.24, 2.45) is 0 Å². The molecule has 3 rings (SSSR count). The van der Waals surface area contributed by atoms with Crippen LogP contribution >= 0.6 is 11.8 Å². The third kappa shape index (κ3) is 3.37. The highest BCUT2D eigenvalue weighted by Crippen LogP contribution is 2.37. The molecular formula is C14H19N5S. The number of aromatic nitrogens is 4. The van der Waals surface area contributed by atoms with E-state index in [2.05, 4.69) is 52.0 Å². The molecule has 0 spiro atoms. The fourth-order valence-corrected chi connectivity index (χ4v) is 2.83. The van der Waals surface area contributed by atoms with E-state index in [1.54, 1.807) is 11.8 Å². The predicted octanol–water partition coefficient (Wildman–Crippen LogP) is 2.66. The van der Waals surface area contributed by atoms with E-state index in [1.165, 1.54) is 23.3 Å². The third-order valence-electron chi connectivity index (χ3n) is 3.24. The van der Waals surface area contributed by atoms with Crippen molar-refractivity contribution < 1.29 is 0 Å². The molecule has 0 amide bonds. The summed E-state index contributed by atoms with van der Waals surface area (Å²) < 4.78 is 1.95. The molecule has 1 aromatic heterocycles. The molecule has 1 saturated carbocycles. The van der Waals surface area contributed by atoms with Gasteiger partial charge in [0, 0.05) is 11.4 Å². The van der Waals surface area contributed by atoms with Crippen molar-refractivity contribution in [2.45, 2.75) is 48.8 Å². The second-order valence-electron chi connectivity index (χ2n) is 5.06. The van der Waals surface area contributed by atoms with Crippen LogP contribution in [0.15, 0.2) is 34.3 Å². The van der Waals surface area contributed by atoms with Crippen LogP contribution in [0.2, 0.25) is 0 Å². The lowest BCUT2D eigenvalue weighted by molar-refractivity contribution is 0.565. The molecule has 5 nitrogen and oxygen atoms in total. The van der Waals surface area contributed by atoms with Crippen LogP contribution < -0.4 is 5.32 Å². The van der Waals surface area contributed by atoms with Crippen LogP contribution in [0.4, 0.5) is 0 Å². The fraction of sp³-hybridized carbons (Fsp3) is 0.500. The molecule has 0 atom stereocenters. The van der Waals surface area contributed by atoms with Gasteiger partial charge in [0.1, 0.15) is 0 Å². The van der Waals surface area contributed by atoms with Gasteiger partial charge in [-0.3, -0.25) is 0 Å². The Balaban J connectivity index is 1.61. The maximum Gasteiger partial charge on any atom is 0.214 e. The van der Waals surface area contributed by atoms with Crippen molar-refractivity contribution in [3.05, 3.63) is 29.8 Å². The first-order valence-corrected chi connectivity index (χ1v) is 7.94. The molecule has 0 unspecified atom stereocenters. The first-order chi connectivity index (χ1) is 9.86. The molecule has 0 saturated heterocycles. The second kappa shape index (κ2) is 6.37. The molecule has 1 fully saturated rings. The van der Waals surface area contributed by atoms with Gasteiger partial charge in [0.25, 0.3) is 0 Å². The van der Waals surface area contributed by atoms with Gasteiger partial charge in [-0.25, -0.2) is 4.68 Å². The van der Waals surface area contributed by atoms with Gasteiger partial charge in [0.15, 0.2) is 0 Å². The molecular weight excluding hydrogens is 270 g/mol. The summed E-state index contributed by atoms with van der Waals surface area (Å²) in [5.74, 6) is 0. The van der Waals surface area contributed by atoms with Crippen molar-refractivity contribution in [3.8, 4) is 0 Å². The highest BCUT2D eigenvalue weighted by atomic mass is 32.2. The van der Waals surface area contributed by atoms with Gasteiger partial charge in [-0.1, -0.05) is 19.1 Å². The molecule has 0 radical (unpaired) electrons. The van der Waals surface area contributed by atoms with Gasteiger partial charge in [-0.2, -0.15) is 0 Å². The zero-order valence-corrected chi connectivity index (χ0v) is 12.4. The first kappa shape index (κ1) is 13.6. The van der Waals surface area contributed by atoms with E-state index >= 15 is 0 Å². The number of tetrazole rings is 1. The first-order valence-electron chi connectivity index (χ1n) is 7.12. The van der Waals surface area contributed by atoms with Crippen LogP contribution in [0, 0.1) is 0 Å². The zero-order valence-electron chi connectivity index (χ0n) is 11.6. The van der Waals surface area contributed by atoms with Gasteiger partial charge in [-0.05, 0) is 65.7 Å². The molecule has 1 aromatic carbocycles. The summed E-state index contributed by atoms with van der Waals surface area (Å²) in [5.41, 5.74) is 1.31. The maximum absolute atomic E-state index is 4.11. The average Bonchev–Trinajstić information content (AvgIpc) is 3.21. The second-order valence-corrected chi connectivity index (χ2v) is 6.10. The molecule has 6 heteroatoms. The summed E-state index contributed by atoms with van der Waals surface area (Å²) in [5, 5.41) is 16.3. The molecule has 1 aliphatic rings. The monoisotopic (exact) mass is 289 g/mol. The Bertz CT molecular complexity index is 547. The molecule has 0 aliphatic heterocycles. The smallest absolute Gasteiger partial charge is 0.214 e. The quantitative estimate of drug-likeness (QED) is 0.794. The number of nitrogens with zero attached hydrogens (tertiary/aromatic N) is 4. The van der Waals surface area contributed by atoms with Crippen LogP contribution in [0.5, 0.6) is 0 Å². The largest absolute Gasteiger partial charge is 0.313 e. The van der Waals surface area contributed by atoms with Crippen molar-refractivity contribution in [3.63, 3.8) is 0 Å². The maximum atomic E-state index is 4.11. The molecule has 0 bridgehead atoms. The summed E-state index contributed by atoms with van der Waals surface area (Å²) in [6.45, 7) is 4.17. The van der Waals surface area contributed by atoms with Gasteiger partial charge in [-0.15, -0.1) is 5.10 Å². The Morgan fingerprint density at radius 3 is 2.80 bits per heavy atom. The predicted molar refractivity (Wildman–Crippen MR) is 78.7 cm³/mol. The lowest BCUT2D eigenvalue weighted by Crippen LogP contribution is -2.13. The van der Waals surface area contributed by atoms with Crippen molar-refractivity contribution in [2.75, 3.05) is 6.54 Å². The Kier molecular flexibility index (Phi) is 4.32. The number of rotatable bonds is 7. The van der Waals surface area contributed by atoms with Crippen LogP contribution in [0.25, 0.3) is 0 Å². The zero-order chi connectivity index (χ0) is 13.8. The molecule has 1 heterocycles. The van der Waals surface area contributed by atoms with E-state index in [0.29, 0.717) is 6.04 Å². The Labute approximate surface area is 123 Å². The molecule has 1 aliphatic carbocycles. The van der Waals surface area contributed by atoms with E-state index < -0.39 is 0 Å². The standard InChI is InChI=1S/C14H19N5S/c1-2-9-15-10-11-3-7-13(8-4-11)20-14-16-17-18-19(14)12-5-6-12/h3-4,7-8,12,15H,2,5-6,9-10H2,1H3. The topological polar surface area (TPSA) is 55.6 Å². The normalized spacial score (nSPS) is 14.7. The minimum atomic E-state index is 0.519. The summed E-state index contributed by atoms with van der Waals surface area (Å²) in [7, 11) is 0. The highest BCUT2D eigenvalue weighted by molar-refractivity contribution is 7.99. The highest BCUT2D eigenvalue weighted by Gasteiger charge is 2.27. The van der Waals surface area contributed by atoms with E-state index in [-0.39, 0.29) is 0 Å². The van der Waals surface area contributed by atoms with Crippen LogP contribution in [-0.4, -0.2) is 26.8 Å². The van der Waals surface area contributed by atoms with Gasteiger partial charge in [0.2, 0.25) is 5.16 Å². The molecule has 1 N–H and O–H groups in total. The van der Waals surface area contributed by atoms with Gasteiger partial charge in [0.05, 0.1) is 6.04 Å². The van der Waals surface area contributed by atoms with Gasteiger partial charge < -0.3 is 5.32 Å². The molecule has 106 valence electrons. The number of benzene rings is 1. The summed E-state index contributed by atoms with van der Waals surface area (Å²) in [4.78, 5) is 1.18. The van der Waals surface area contributed by atoms with E-state index in [9.17, 15) is 0 Å². The summed E-state index contributed by atoms with van der Waals surface area (Å²) in [6, 6.07) is 9.12. The Hall–Kier alpha value is -1.40. The van der Waals surface area contributed by atoms with Crippen LogP contribution in [0.3, 0.4) is 0 Å². The van der Waals surface area contributed by atoms with E-state index in [4.69, 9.17) is 0 Å². The fourth-order valence-electron chi connectivity index (χ4n) is 1.99. The molecule has 20 heavy (non-hydrogen) atoms. The average molecular weight is 289 g/mol. The molecule has 2 aromatic rings. The SMILES string of the molecule is CCCNCc1ccc(Sc2nnnn2C2CC2)cc1. The third-order valence-corrected chi connectivity index (χ3v) is 4.20.